The molecular weight excluding hydrogens is 228 g/mol. The Bertz CT molecular complexity index is 553. The number of carboxylic acid groups (broad SMARTS) is 1. The van der Waals surface area contributed by atoms with E-state index in [1.165, 1.54) is 0 Å². The third kappa shape index (κ3) is 2.85. The minimum atomic E-state index is -0.908. The molecule has 0 saturated heterocycles. The summed E-state index contributed by atoms with van der Waals surface area (Å²) in [5.41, 5.74) is 3.08. The third-order valence-corrected chi connectivity index (χ3v) is 2.66. The fraction of sp³-hybridized carbons (Fsp3) is 0.143. The number of benzene rings is 1. The maximum Gasteiger partial charge on any atom is 0.335 e. The number of carbonyl (C=O) groups is 1. The van der Waals surface area contributed by atoms with Crippen LogP contribution in [0.1, 0.15) is 21.6 Å². The van der Waals surface area contributed by atoms with E-state index in [2.05, 4.69) is 10.3 Å². The second kappa shape index (κ2) is 5.31. The zero-order chi connectivity index (χ0) is 13.0. The van der Waals surface area contributed by atoms with Crippen molar-refractivity contribution in [3.63, 3.8) is 0 Å². The van der Waals surface area contributed by atoms with Crippen molar-refractivity contribution in [2.24, 2.45) is 0 Å². The molecule has 0 aliphatic rings. The minimum absolute atomic E-state index is 0.302. The van der Waals surface area contributed by atoms with Gasteiger partial charge in [0.25, 0.3) is 0 Å². The van der Waals surface area contributed by atoms with E-state index in [0.717, 1.165) is 16.9 Å². The highest BCUT2D eigenvalue weighted by atomic mass is 16.4. The Labute approximate surface area is 105 Å². The molecule has 1 aromatic carbocycles. The molecule has 0 aliphatic heterocycles. The topological polar surface area (TPSA) is 62.2 Å². The molecule has 0 bridgehead atoms. The number of pyridine rings is 1. The standard InChI is InChI=1S/C14H14N2O2/c1-10-8-11(14(17)18)5-6-13(10)16-9-12-4-2-3-7-15-12/h2-8,16H,9H2,1H3,(H,17,18). The molecule has 2 rings (SSSR count). The molecule has 2 N–H and O–H groups in total. The predicted molar refractivity (Wildman–Crippen MR) is 69.7 cm³/mol. The Hall–Kier alpha value is -2.36. The molecule has 1 heterocycles. The average Bonchev–Trinajstić information content (AvgIpc) is 2.38. The zero-order valence-corrected chi connectivity index (χ0v) is 10.1. The monoisotopic (exact) mass is 242 g/mol. The molecule has 4 heteroatoms. The maximum absolute atomic E-state index is 10.8. The van der Waals surface area contributed by atoms with Crippen molar-refractivity contribution >= 4 is 11.7 Å². The summed E-state index contributed by atoms with van der Waals surface area (Å²) in [4.78, 5) is 15.0. The van der Waals surface area contributed by atoms with Crippen LogP contribution in [-0.4, -0.2) is 16.1 Å². The normalized spacial score (nSPS) is 10.1. The fourth-order valence-corrected chi connectivity index (χ4v) is 1.68. The lowest BCUT2D eigenvalue weighted by Crippen LogP contribution is -2.04. The van der Waals surface area contributed by atoms with Crippen molar-refractivity contribution < 1.29 is 9.90 Å². The lowest BCUT2D eigenvalue weighted by molar-refractivity contribution is 0.0697. The molecule has 18 heavy (non-hydrogen) atoms. The second-order valence-corrected chi connectivity index (χ2v) is 4.01. The number of hydrogen-bond acceptors (Lipinski definition) is 3. The molecular formula is C14H14N2O2. The van der Waals surface area contributed by atoms with Crippen LogP contribution in [0.15, 0.2) is 42.6 Å². The van der Waals surface area contributed by atoms with Crippen LogP contribution in [0, 0.1) is 6.92 Å². The van der Waals surface area contributed by atoms with Gasteiger partial charge in [-0.3, -0.25) is 4.98 Å². The summed E-state index contributed by atoms with van der Waals surface area (Å²) in [5.74, 6) is -0.908. The Kier molecular flexibility index (Phi) is 3.57. The molecule has 0 atom stereocenters. The summed E-state index contributed by atoms with van der Waals surface area (Å²) in [6, 6.07) is 10.8. The molecule has 0 radical (unpaired) electrons. The highest BCUT2D eigenvalue weighted by molar-refractivity contribution is 5.88. The number of aromatic nitrogens is 1. The van der Waals surface area contributed by atoms with Gasteiger partial charge in [-0.05, 0) is 42.8 Å². The van der Waals surface area contributed by atoms with Crippen molar-refractivity contribution in [3.8, 4) is 0 Å². The summed E-state index contributed by atoms with van der Waals surface area (Å²) in [7, 11) is 0. The fourth-order valence-electron chi connectivity index (χ4n) is 1.68. The zero-order valence-electron chi connectivity index (χ0n) is 10.1. The number of nitrogens with zero attached hydrogens (tertiary/aromatic N) is 1. The first-order chi connectivity index (χ1) is 8.66. The number of anilines is 1. The lowest BCUT2D eigenvalue weighted by Gasteiger charge is -2.09. The van der Waals surface area contributed by atoms with Gasteiger partial charge in [0.1, 0.15) is 0 Å². The Morgan fingerprint density at radius 2 is 2.17 bits per heavy atom. The van der Waals surface area contributed by atoms with Gasteiger partial charge in [-0.1, -0.05) is 6.07 Å². The largest absolute Gasteiger partial charge is 0.478 e. The SMILES string of the molecule is Cc1cc(C(=O)O)ccc1NCc1ccccn1. The Morgan fingerprint density at radius 3 is 2.78 bits per heavy atom. The Balaban J connectivity index is 2.08. The van der Waals surface area contributed by atoms with E-state index in [9.17, 15) is 4.79 Å². The van der Waals surface area contributed by atoms with Crippen molar-refractivity contribution in [3.05, 3.63) is 59.4 Å². The number of hydrogen-bond donors (Lipinski definition) is 2. The average molecular weight is 242 g/mol. The van der Waals surface area contributed by atoms with Gasteiger partial charge < -0.3 is 10.4 Å². The van der Waals surface area contributed by atoms with E-state index in [0.29, 0.717) is 12.1 Å². The number of carboxylic acids is 1. The quantitative estimate of drug-likeness (QED) is 0.865. The molecule has 4 nitrogen and oxygen atoms in total. The van der Waals surface area contributed by atoms with Gasteiger partial charge in [0.15, 0.2) is 0 Å². The second-order valence-electron chi connectivity index (χ2n) is 4.01. The van der Waals surface area contributed by atoms with Gasteiger partial charge in [0.05, 0.1) is 17.8 Å². The smallest absolute Gasteiger partial charge is 0.335 e. The molecule has 92 valence electrons. The van der Waals surface area contributed by atoms with Gasteiger partial charge >= 0.3 is 5.97 Å². The molecule has 0 unspecified atom stereocenters. The first kappa shape index (κ1) is 12.1. The van der Waals surface area contributed by atoms with Crippen LogP contribution in [0.5, 0.6) is 0 Å². The van der Waals surface area contributed by atoms with Crippen LogP contribution in [0.4, 0.5) is 5.69 Å². The van der Waals surface area contributed by atoms with Gasteiger partial charge in [0.2, 0.25) is 0 Å². The molecule has 2 aromatic rings. The van der Waals surface area contributed by atoms with E-state index in [1.54, 1.807) is 24.4 Å². The molecule has 0 spiro atoms. The van der Waals surface area contributed by atoms with E-state index >= 15 is 0 Å². The molecule has 0 aliphatic carbocycles. The lowest BCUT2D eigenvalue weighted by atomic mass is 10.1. The van der Waals surface area contributed by atoms with Gasteiger partial charge in [-0.25, -0.2) is 4.79 Å². The van der Waals surface area contributed by atoms with E-state index < -0.39 is 5.97 Å². The van der Waals surface area contributed by atoms with Crippen LogP contribution < -0.4 is 5.32 Å². The minimum Gasteiger partial charge on any atom is -0.478 e. The third-order valence-electron chi connectivity index (χ3n) is 2.66. The summed E-state index contributed by atoms with van der Waals surface area (Å²) < 4.78 is 0. The number of aryl methyl sites for hydroxylation is 1. The van der Waals surface area contributed by atoms with Crippen molar-refractivity contribution in [1.82, 2.24) is 4.98 Å². The van der Waals surface area contributed by atoms with Crippen LogP contribution in [0.25, 0.3) is 0 Å². The first-order valence-electron chi connectivity index (χ1n) is 5.64. The summed E-state index contributed by atoms with van der Waals surface area (Å²) in [6.07, 6.45) is 1.75. The van der Waals surface area contributed by atoms with Crippen LogP contribution in [0.3, 0.4) is 0 Å². The predicted octanol–water partition coefficient (Wildman–Crippen LogP) is 2.70. The van der Waals surface area contributed by atoms with E-state index in [-0.39, 0.29) is 0 Å². The molecule has 0 fully saturated rings. The van der Waals surface area contributed by atoms with Crippen molar-refractivity contribution in [1.29, 1.82) is 0 Å². The number of nitrogens with one attached hydrogen (secondary N) is 1. The maximum atomic E-state index is 10.8. The van der Waals surface area contributed by atoms with Crippen LogP contribution >= 0.6 is 0 Å². The van der Waals surface area contributed by atoms with Gasteiger partial charge in [0, 0.05) is 11.9 Å². The summed E-state index contributed by atoms with van der Waals surface area (Å²) >= 11 is 0. The van der Waals surface area contributed by atoms with Gasteiger partial charge in [-0.15, -0.1) is 0 Å². The number of aromatic carboxylic acids is 1. The van der Waals surface area contributed by atoms with Crippen molar-refractivity contribution in [2.75, 3.05) is 5.32 Å². The molecule has 0 saturated carbocycles. The Morgan fingerprint density at radius 1 is 1.33 bits per heavy atom. The van der Waals surface area contributed by atoms with Crippen molar-refractivity contribution in [2.45, 2.75) is 13.5 Å². The highest BCUT2D eigenvalue weighted by Gasteiger charge is 2.05. The summed E-state index contributed by atoms with van der Waals surface area (Å²) in [6.45, 7) is 2.50. The molecule has 1 aromatic heterocycles. The van der Waals surface area contributed by atoms with Crippen LogP contribution in [-0.2, 0) is 6.54 Å². The van der Waals surface area contributed by atoms with E-state index in [4.69, 9.17) is 5.11 Å². The number of rotatable bonds is 4. The first-order valence-corrected chi connectivity index (χ1v) is 5.64. The summed E-state index contributed by atoms with van der Waals surface area (Å²) in [5, 5.41) is 12.1. The van der Waals surface area contributed by atoms with Gasteiger partial charge in [-0.2, -0.15) is 0 Å². The van der Waals surface area contributed by atoms with Crippen LogP contribution in [0.2, 0.25) is 0 Å². The highest BCUT2D eigenvalue weighted by Crippen LogP contribution is 2.17. The molecule has 0 amide bonds. The van der Waals surface area contributed by atoms with E-state index in [1.807, 2.05) is 25.1 Å².